The lowest BCUT2D eigenvalue weighted by Gasteiger charge is -2.03. The van der Waals surface area contributed by atoms with Crippen LogP contribution in [0.15, 0.2) is 6.20 Å². The van der Waals surface area contributed by atoms with E-state index in [0.717, 1.165) is 17.7 Å². The summed E-state index contributed by atoms with van der Waals surface area (Å²) in [6.45, 7) is 3.41. The average molecular weight is 260 g/mol. The molecule has 7 heteroatoms. The van der Waals surface area contributed by atoms with Crippen molar-refractivity contribution in [1.29, 1.82) is 0 Å². The SMILES string of the molecule is CCc1nn(C)cc1CNCCCS(N)(=O)=O. The van der Waals surface area contributed by atoms with E-state index in [1.165, 1.54) is 0 Å². The summed E-state index contributed by atoms with van der Waals surface area (Å²) in [6.07, 6.45) is 3.40. The van der Waals surface area contributed by atoms with Gasteiger partial charge in [-0.25, -0.2) is 13.6 Å². The lowest BCUT2D eigenvalue weighted by Crippen LogP contribution is -2.22. The van der Waals surface area contributed by atoms with Crippen molar-refractivity contribution in [2.24, 2.45) is 12.2 Å². The van der Waals surface area contributed by atoms with E-state index >= 15 is 0 Å². The first kappa shape index (κ1) is 14.1. The second kappa shape index (κ2) is 6.13. The Kier molecular flexibility index (Phi) is 5.10. The highest BCUT2D eigenvalue weighted by Gasteiger charge is 2.05. The zero-order valence-corrected chi connectivity index (χ0v) is 11.1. The molecular formula is C10H20N4O2S. The molecule has 0 amide bonds. The number of rotatable bonds is 7. The molecule has 0 saturated heterocycles. The Morgan fingerprint density at radius 1 is 1.53 bits per heavy atom. The molecule has 1 aromatic rings. The van der Waals surface area contributed by atoms with Crippen molar-refractivity contribution < 1.29 is 8.42 Å². The lowest BCUT2D eigenvalue weighted by molar-refractivity contribution is 0.590. The molecule has 1 aromatic heterocycles. The molecule has 0 aliphatic carbocycles. The van der Waals surface area contributed by atoms with Crippen LogP contribution in [0, 0.1) is 0 Å². The van der Waals surface area contributed by atoms with Crippen LogP contribution < -0.4 is 10.5 Å². The standard InChI is InChI=1S/C10H20N4O2S/c1-3-10-9(8-14(2)13-10)7-12-5-4-6-17(11,15)16/h8,12H,3-7H2,1-2H3,(H2,11,15,16). The Labute approximate surface area is 102 Å². The van der Waals surface area contributed by atoms with Gasteiger partial charge in [-0.15, -0.1) is 0 Å². The number of hydrogen-bond donors (Lipinski definition) is 2. The Morgan fingerprint density at radius 3 is 2.82 bits per heavy atom. The van der Waals surface area contributed by atoms with Gasteiger partial charge in [0.05, 0.1) is 11.4 Å². The minimum absolute atomic E-state index is 0.0215. The highest BCUT2D eigenvalue weighted by molar-refractivity contribution is 7.89. The van der Waals surface area contributed by atoms with Gasteiger partial charge in [-0.3, -0.25) is 4.68 Å². The summed E-state index contributed by atoms with van der Waals surface area (Å²) < 4.78 is 23.2. The Bertz CT molecular complexity index is 453. The van der Waals surface area contributed by atoms with Crippen LogP contribution >= 0.6 is 0 Å². The highest BCUT2D eigenvalue weighted by Crippen LogP contribution is 2.06. The first-order valence-corrected chi connectivity index (χ1v) is 7.36. The van der Waals surface area contributed by atoms with Gasteiger partial charge in [0.15, 0.2) is 0 Å². The van der Waals surface area contributed by atoms with Crippen LogP contribution in [0.3, 0.4) is 0 Å². The number of sulfonamides is 1. The molecule has 6 nitrogen and oxygen atoms in total. The minimum atomic E-state index is -3.33. The number of nitrogens with one attached hydrogen (secondary N) is 1. The summed E-state index contributed by atoms with van der Waals surface area (Å²) in [5.74, 6) is 0.0215. The van der Waals surface area contributed by atoms with E-state index < -0.39 is 10.0 Å². The highest BCUT2D eigenvalue weighted by atomic mass is 32.2. The zero-order chi connectivity index (χ0) is 12.9. The van der Waals surface area contributed by atoms with E-state index in [1.54, 1.807) is 4.68 Å². The molecular weight excluding hydrogens is 240 g/mol. The van der Waals surface area contributed by atoms with Crippen LogP contribution in [-0.2, 0) is 30.0 Å². The summed E-state index contributed by atoms with van der Waals surface area (Å²) in [6, 6.07) is 0. The molecule has 0 aliphatic rings. The monoisotopic (exact) mass is 260 g/mol. The van der Waals surface area contributed by atoms with Crippen molar-refractivity contribution in [3.8, 4) is 0 Å². The normalized spacial score (nSPS) is 11.9. The molecule has 3 N–H and O–H groups in total. The summed E-state index contributed by atoms with van der Waals surface area (Å²) in [4.78, 5) is 0. The molecule has 0 spiro atoms. The number of nitrogens with two attached hydrogens (primary N) is 1. The van der Waals surface area contributed by atoms with E-state index in [-0.39, 0.29) is 5.75 Å². The van der Waals surface area contributed by atoms with Crippen molar-refractivity contribution in [2.75, 3.05) is 12.3 Å². The maximum Gasteiger partial charge on any atom is 0.209 e. The van der Waals surface area contributed by atoms with Gasteiger partial charge >= 0.3 is 0 Å². The molecule has 1 rings (SSSR count). The Morgan fingerprint density at radius 2 is 2.24 bits per heavy atom. The minimum Gasteiger partial charge on any atom is -0.313 e. The summed E-state index contributed by atoms with van der Waals surface area (Å²) in [5.41, 5.74) is 2.23. The third kappa shape index (κ3) is 5.29. The third-order valence-electron chi connectivity index (χ3n) is 2.42. The number of aryl methyl sites for hydroxylation is 2. The molecule has 0 bridgehead atoms. The van der Waals surface area contributed by atoms with Crippen molar-refractivity contribution >= 4 is 10.0 Å². The van der Waals surface area contributed by atoms with E-state index in [4.69, 9.17) is 5.14 Å². The lowest BCUT2D eigenvalue weighted by atomic mass is 10.2. The first-order valence-electron chi connectivity index (χ1n) is 5.65. The Hall–Kier alpha value is -0.920. The predicted octanol–water partition coefficient (Wildman–Crippen LogP) is -0.249. The molecule has 0 fully saturated rings. The van der Waals surface area contributed by atoms with Crippen molar-refractivity contribution in [2.45, 2.75) is 26.3 Å². The zero-order valence-electron chi connectivity index (χ0n) is 10.3. The van der Waals surface area contributed by atoms with Crippen LogP contribution in [0.1, 0.15) is 24.6 Å². The van der Waals surface area contributed by atoms with Gasteiger partial charge in [-0.2, -0.15) is 5.10 Å². The van der Waals surface area contributed by atoms with Crippen LogP contribution in [0.25, 0.3) is 0 Å². The number of aromatic nitrogens is 2. The molecule has 0 radical (unpaired) electrons. The molecule has 1 heterocycles. The summed E-state index contributed by atoms with van der Waals surface area (Å²) in [5, 5.41) is 12.4. The predicted molar refractivity (Wildman–Crippen MR) is 66.9 cm³/mol. The van der Waals surface area contributed by atoms with Gasteiger partial charge in [0.1, 0.15) is 0 Å². The van der Waals surface area contributed by atoms with Crippen molar-refractivity contribution in [3.05, 3.63) is 17.5 Å². The van der Waals surface area contributed by atoms with E-state index in [9.17, 15) is 8.42 Å². The second-order valence-electron chi connectivity index (χ2n) is 4.03. The largest absolute Gasteiger partial charge is 0.313 e. The van der Waals surface area contributed by atoms with E-state index in [0.29, 0.717) is 19.5 Å². The maximum absolute atomic E-state index is 10.7. The molecule has 0 unspecified atom stereocenters. The average Bonchev–Trinajstić information content (AvgIpc) is 2.57. The van der Waals surface area contributed by atoms with Gasteiger partial charge in [-0.1, -0.05) is 6.92 Å². The van der Waals surface area contributed by atoms with Crippen LogP contribution in [-0.4, -0.2) is 30.5 Å². The van der Waals surface area contributed by atoms with Crippen LogP contribution in [0.4, 0.5) is 0 Å². The fourth-order valence-electron chi connectivity index (χ4n) is 1.65. The second-order valence-corrected chi connectivity index (χ2v) is 5.76. The van der Waals surface area contributed by atoms with Gasteiger partial charge in [-0.05, 0) is 19.4 Å². The Balaban J connectivity index is 2.31. The van der Waals surface area contributed by atoms with Crippen molar-refractivity contribution in [1.82, 2.24) is 15.1 Å². The van der Waals surface area contributed by atoms with Crippen molar-refractivity contribution in [3.63, 3.8) is 0 Å². The molecule has 0 saturated carbocycles. The van der Waals surface area contributed by atoms with Crippen LogP contribution in [0.2, 0.25) is 0 Å². The smallest absolute Gasteiger partial charge is 0.209 e. The summed E-state index contributed by atoms with van der Waals surface area (Å²) >= 11 is 0. The first-order chi connectivity index (χ1) is 7.92. The molecule has 0 aromatic carbocycles. The topological polar surface area (TPSA) is 90.0 Å². The van der Waals surface area contributed by atoms with Gasteiger partial charge in [0.2, 0.25) is 10.0 Å². The maximum atomic E-state index is 10.7. The number of primary sulfonamides is 1. The summed E-state index contributed by atoms with van der Waals surface area (Å²) in [7, 11) is -1.44. The number of nitrogens with zero attached hydrogens (tertiary/aromatic N) is 2. The fraction of sp³-hybridized carbons (Fsp3) is 0.700. The van der Waals surface area contributed by atoms with E-state index in [2.05, 4.69) is 17.3 Å². The molecule has 0 atom stereocenters. The number of hydrogen-bond acceptors (Lipinski definition) is 4. The van der Waals surface area contributed by atoms with Crippen LogP contribution in [0.5, 0.6) is 0 Å². The van der Waals surface area contributed by atoms with Gasteiger partial charge in [0.25, 0.3) is 0 Å². The van der Waals surface area contributed by atoms with Gasteiger partial charge < -0.3 is 5.32 Å². The third-order valence-corrected chi connectivity index (χ3v) is 3.28. The van der Waals surface area contributed by atoms with E-state index in [1.807, 2.05) is 13.2 Å². The molecule has 17 heavy (non-hydrogen) atoms. The fourth-order valence-corrected chi connectivity index (χ4v) is 2.20. The quantitative estimate of drug-likeness (QED) is 0.662. The molecule has 98 valence electrons. The van der Waals surface area contributed by atoms with Gasteiger partial charge in [0, 0.05) is 25.4 Å². The molecule has 0 aliphatic heterocycles.